The molecule has 0 aliphatic carbocycles. The minimum atomic E-state index is 0.644. The van der Waals surface area contributed by atoms with Crippen molar-refractivity contribution < 1.29 is 0 Å². The van der Waals surface area contributed by atoms with Gasteiger partial charge in [-0.15, -0.1) is 0 Å². The molecule has 0 aromatic rings. The van der Waals surface area contributed by atoms with Crippen molar-refractivity contribution in [1.82, 2.24) is 10.2 Å². The molecule has 0 bridgehead atoms. The Morgan fingerprint density at radius 1 is 1.36 bits per heavy atom. The molecule has 2 nitrogen and oxygen atoms in total. The summed E-state index contributed by atoms with van der Waals surface area (Å²) in [5, 5.41) is 3.51. The molecule has 11 heavy (non-hydrogen) atoms. The SMILES string of the molecule is [CH2]CCN1C[C@@H](C)N[C@@H](C)C1. The van der Waals surface area contributed by atoms with Crippen LogP contribution in [0.15, 0.2) is 0 Å². The second-order valence-electron chi connectivity index (χ2n) is 3.58. The molecule has 0 amide bonds. The predicted molar refractivity (Wildman–Crippen MR) is 48.5 cm³/mol. The first-order valence-electron chi connectivity index (χ1n) is 4.50. The summed E-state index contributed by atoms with van der Waals surface area (Å²) in [7, 11) is 0. The van der Waals surface area contributed by atoms with E-state index in [0.717, 1.165) is 13.0 Å². The van der Waals surface area contributed by atoms with Gasteiger partial charge in [-0.05, 0) is 26.8 Å². The fourth-order valence-corrected chi connectivity index (χ4v) is 1.85. The third kappa shape index (κ3) is 2.80. The summed E-state index contributed by atoms with van der Waals surface area (Å²) in [6.45, 7) is 11.9. The van der Waals surface area contributed by atoms with Gasteiger partial charge in [0, 0.05) is 25.2 Å². The van der Waals surface area contributed by atoms with Crippen LogP contribution in [0.1, 0.15) is 20.3 Å². The molecular weight excluding hydrogens is 136 g/mol. The van der Waals surface area contributed by atoms with Crippen molar-refractivity contribution >= 4 is 0 Å². The number of nitrogens with zero attached hydrogens (tertiary/aromatic N) is 1. The average molecular weight is 155 g/mol. The van der Waals surface area contributed by atoms with Crippen LogP contribution in [-0.2, 0) is 0 Å². The Balaban J connectivity index is 2.30. The Bertz CT molecular complexity index is 104. The van der Waals surface area contributed by atoms with Crippen molar-refractivity contribution in [2.24, 2.45) is 0 Å². The molecule has 1 radical (unpaired) electrons. The highest BCUT2D eigenvalue weighted by molar-refractivity contribution is 4.80. The van der Waals surface area contributed by atoms with E-state index in [1.54, 1.807) is 0 Å². The number of rotatable bonds is 2. The third-order valence-corrected chi connectivity index (χ3v) is 2.11. The summed E-state index contributed by atoms with van der Waals surface area (Å²) < 4.78 is 0. The van der Waals surface area contributed by atoms with Crippen LogP contribution < -0.4 is 5.32 Å². The summed E-state index contributed by atoms with van der Waals surface area (Å²) in [6.07, 6.45) is 1.03. The molecule has 0 unspecified atom stereocenters. The molecule has 1 fully saturated rings. The fraction of sp³-hybridized carbons (Fsp3) is 0.889. The van der Waals surface area contributed by atoms with Gasteiger partial charge >= 0.3 is 0 Å². The highest BCUT2D eigenvalue weighted by Gasteiger charge is 2.19. The molecule has 1 aliphatic rings. The molecule has 1 rings (SSSR count). The van der Waals surface area contributed by atoms with Crippen LogP contribution in [0.4, 0.5) is 0 Å². The van der Waals surface area contributed by atoms with Crippen LogP contribution in [0.5, 0.6) is 0 Å². The van der Waals surface area contributed by atoms with Crippen LogP contribution in [0.3, 0.4) is 0 Å². The Morgan fingerprint density at radius 3 is 2.36 bits per heavy atom. The topological polar surface area (TPSA) is 15.3 Å². The molecule has 0 spiro atoms. The molecule has 2 heteroatoms. The maximum Gasteiger partial charge on any atom is 0.0169 e. The fourth-order valence-electron chi connectivity index (χ4n) is 1.85. The van der Waals surface area contributed by atoms with Crippen molar-refractivity contribution in [2.45, 2.75) is 32.4 Å². The van der Waals surface area contributed by atoms with Gasteiger partial charge in [0.2, 0.25) is 0 Å². The Hall–Kier alpha value is -0.0800. The Kier molecular flexibility index (Phi) is 3.34. The van der Waals surface area contributed by atoms with E-state index >= 15 is 0 Å². The van der Waals surface area contributed by atoms with Crippen molar-refractivity contribution in [3.05, 3.63) is 6.92 Å². The molecule has 1 saturated heterocycles. The van der Waals surface area contributed by atoms with E-state index < -0.39 is 0 Å². The monoisotopic (exact) mass is 155 g/mol. The standard InChI is InChI=1S/C9H19N2/c1-4-5-11-6-8(2)10-9(3)7-11/h8-10H,1,4-7H2,2-3H3/t8-,9+. The zero-order valence-corrected chi connectivity index (χ0v) is 7.64. The van der Waals surface area contributed by atoms with E-state index in [0.29, 0.717) is 12.1 Å². The zero-order valence-electron chi connectivity index (χ0n) is 7.64. The van der Waals surface area contributed by atoms with E-state index in [1.165, 1.54) is 13.1 Å². The highest BCUT2D eigenvalue weighted by Crippen LogP contribution is 2.03. The number of nitrogens with one attached hydrogen (secondary N) is 1. The van der Waals surface area contributed by atoms with Crippen LogP contribution in [0, 0.1) is 6.92 Å². The predicted octanol–water partition coefficient (Wildman–Crippen LogP) is 0.893. The molecule has 1 N–H and O–H groups in total. The smallest absolute Gasteiger partial charge is 0.0169 e. The summed E-state index contributed by atoms with van der Waals surface area (Å²) >= 11 is 0. The second kappa shape index (κ2) is 4.07. The van der Waals surface area contributed by atoms with E-state index in [2.05, 4.69) is 31.0 Å². The van der Waals surface area contributed by atoms with E-state index in [-0.39, 0.29) is 0 Å². The average Bonchev–Trinajstić information content (AvgIpc) is 1.85. The van der Waals surface area contributed by atoms with Gasteiger partial charge in [-0.25, -0.2) is 0 Å². The van der Waals surface area contributed by atoms with E-state index in [9.17, 15) is 0 Å². The van der Waals surface area contributed by atoms with E-state index in [4.69, 9.17) is 0 Å². The van der Waals surface area contributed by atoms with Crippen LogP contribution in [0.25, 0.3) is 0 Å². The second-order valence-corrected chi connectivity index (χ2v) is 3.58. The van der Waals surface area contributed by atoms with Gasteiger partial charge in [-0.2, -0.15) is 0 Å². The van der Waals surface area contributed by atoms with Crippen LogP contribution in [-0.4, -0.2) is 36.6 Å². The Labute approximate surface area is 70.0 Å². The maximum absolute atomic E-state index is 3.87. The van der Waals surface area contributed by atoms with Gasteiger partial charge in [0.15, 0.2) is 0 Å². The maximum atomic E-state index is 3.87. The summed E-state index contributed by atoms with van der Waals surface area (Å²) in [6, 6.07) is 1.29. The van der Waals surface area contributed by atoms with Gasteiger partial charge in [-0.1, -0.05) is 6.92 Å². The normalized spacial score (nSPS) is 34.1. The molecule has 1 aliphatic heterocycles. The summed E-state index contributed by atoms with van der Waals surface area (Å²) in [5.74, 6) is 0. The first kappa shape index (κ1) is 9.01. The van der Waals surface area contributed by atoms with E-state index in [1.807, 2.05) is 0 Å². The quantitative estimate of drug-likeness (QED) is 0.637. The Morgan fingerprint density at radius 2 is 1.91 bits per heavy atom. The first-order valence-corrected chi connectivity index (χ1v) is 4.50. The van der Waals surface area contributed by atoms with Gasteiger partial charge < -0.3 is 10.2 Å². The minimum absolute atomic E-state index is 0.644. The summed E-state index contributed by atoms with van der Waals surface area (Å²) in [5.41, 5.74) is 0. The van der Waals surface area contributed by atoms with Crippen LogP contribution >= 0.6 is 0 Å². The third-order valence-electron chi connectivity index (χ3n) is 2.11. The number of hydrogen-bond donors (Lipinski definition) is 1. The molecule has 0 aromatic carbocycles. The van der Waals surface area contributed by atoms with Crippen molar-refractivity contribution in [3.8, 4) is 0 Å². The number of piperazine rings is 1. The molecule has 65 valence electrons. The highest BCUT2D eigenvalue weighted by atomic mass is 15.2. The molecule has 0 saturated carbocycles. The number of hydrogen-bond acceptors (Lipinski definition) is 2. The van der Waals surface area contributed by atoms with Gasteiger partial charge in [0.25, 0.3) is 0 Å². The molecule has 0 aromatic heterocycles. The van der Waals surface area contributed by atoms with Crippen molar-refractivity contribution in [2.75, 3.05) is 19.6 Å². The lowest BCUT2D eigenvalue weighted by molar-refractivity contribution is 0.176. The largest absolute Gasteiger partial charge is 0.309 e. The van der Waals surface area contributed by atoms with Gasteiger partial charge in [0.1, 0.15) is 0 Å². The molecule has 2 atom stereocenters. The summed E-state index contributed by atoms with van der Waals surface area (Å²) in [4.78, 5) is 2.48. The van der Waals surface area contributed by atoms with Crippen molar-refractivity contribution in [1.29, 1.82) is 0 Å². The van der Waals surface area contributed by atoms with Crippen LogP contribution in [0.2, 0.25) is 0 Å². The van der Waals surface area contributed by atoms with Gasteiger partial charge in [-0.3, -0.25) is 0 Å². The van der Waals surface area contributed by atoms with Crippen molar-refractivity contribution in [3.63, 3.8) is 0 Å². The lowest BCUT2D eigenvalue weighted by Gasteiger charge is -2.35. The first-order chi connectivity index (χ1) is 5.22. The lowest BCUT2D eigenvalue weighted by atomic mass is 10.1. The molecular formula is C9H19N2. The zero-order chi connectivity index (χ0) is 8.27. The van der Waals surface area contributed by atoms with Gasteiger partial charge in [0.05, 0.1) is 0 Å². The minimum Gasteiger partial charge on any atom is -0.309 e. The molecule has 1 heterocycles. The lowest BCUT2D eigenvalue weighted by Crippen LogP contribution is -2.54.